The van der Waals surface area contributed by atoms with Crippen molar-refractivity contribution in [3.63, 3.8) is 0 Å². The first-order valence-electron chi connectivity index (χ1n) is 12.0. The second-order valence-corrected chi connectivity index (χ2v) is 8.80. The van der Waals surface area contributed by atoms with Gasteiger partial charge in [-0.15, -0.1) is 0 Å². The van der Waals surface area contributed by atoms with Crippen LogP contribution in [0, 0.1) is 0 Å². The minimum absolute atomic E-state index is 0.243. The van der Waals surface area contributed by atoms with Gasteiger partial charge in [0.25, 0.3) is 11.8 Å². The van der Waals surface area contributed by atoms with Gasteiger partial charge in [-0.2, -0.15) is 5.10 Å². The number of hydrogen-bond donors (Lipinski definition) is 2. The van der Waals surface area contributed by atoms with Gasteiger partial charge in [0, 0.05) is 10.0 Å². The molecule has 0 radical (unpaired) electrons. The molecule has 0 saturated carbocycles. The van der Waals surface area contributed by atoms with Gasteiger partial charge in [-0.1, -0.05) is 28.9 Å². The summed E-state index contributed by atoms with van der Waals surface area (Å²) in [4.78, 5) is 36.8. The van der Waals surface area contributed by atoms with E-state index >= 15 is 0 Å². The smallest absolute Gasteiger partial charge is 0.343 e. The Morgan fingerprint density at radius 1 is 0.921 bits per heavy atom. The Balaban J connectivity index is 1.56. The summed E-state index contributed by atoms with van der Waals surface area (Å²) in [5.41, 5.74) is 3.76. The summed E-state index contributed by atoms with van der Waals surface area (Å²) in [7, 11) is 0. The first-order chi connectivity index (χ1) is 18.4. The zero-order valence-corrected chi connectivity index (χ0v) is 22.6. The lowest BCUT2D eigenvalue weighted by Gasteiger charge is -2.12. The van der Waals surface area contributed by atoms with Crippen LogP contribution in [0.25, 0.3) is 0 Å². The average Bonchev–Trinajstić information content (AvgIpc) is 2.92. The molecule has 0 aliphatic carbocycles. The fourth-order valence-corrected chi connectivity index (χ4v) is 3.53. The maximum atomic E-state index is 12.6. The quantitative estimate of drug-likeness (QED) is 0.138. The van der Waals surface area contributed by atoms with Crippen molar-refractivity contribution in [2.24, 2.45) is 5.10 Å². The van der Waals surface area contributed by atoms with Crippen molar-refractivity contribution in [2.45, 2.75) is 20.3 Å². The molecule has 0 spiro atoms. The number of benzene rings is 3. The van der Waals surface area contributed by atoms with E-state index in [0.29, 0.717) is 41.4 Å². The number of esters is 1. The second-order valence-electron chi connectivity index (χ2n) is 7.89. The Morgan fingerprint density at radius 2 is 1.71 bits per heavy atom. The van der Waals surface area contributed by atoms with Crippen LogP contribution in [0.4, 0.5) is 0 Å². The van der Waals surface area contributed by atoms with Crippen LogP contribution >= 0.6 is 15.9 Å². The largest absolute Gasteiger partial charge is 0.494 e. The minimum atomic E-state index is -0.536. The average molecular weight is 582 g/mol. The summed E-state index contributed by atoms with van der Waals surface area (Å²) < 4.78 is 17.5. The standard InChI is InChI=1S/C28H28BrN3O6/c1-3-14-37-23-11-9-20(10-12-23)28(35)38-24-13-8-19(15-25(24)36-4-2)17-31-32-26(33)18-30-27(34)21-6-5-7-22(29)16-21/h5-13,15-17H,3-4,14,18H2,1-2H3,(H,30,34)(H,32,33)/b31-17-. The summed E-state index contributed by atoms with van der Waals surface area (Å²) in [5, 5.41) is 6.45. The van der Waals surface area contributed by atoms with Crippen molar-refractivity contribution < 1.29 is 28.6 Å². The number of nitrogens with zero attached hydrogens (tertiary/aromatic N) is 1. The van der Waals surface area contributed by atoms with E-state index in [9.17, 15) is 14.4 Å². The third-order valence-corrected chi connectivity index (χ3v) is 5.43. The van der Waals surface area contributed by atoms with Crippen LogP contribution in [0.3, 0.4) is 0 Å². The highest BCUT2D eigenvalue weighted by Gasteiger charge is 2.14. The molecule has 0 fully saturated rings. The van der Waals surface area contributed by atoms with Crippen LogP contribution in [0.15, 0.2) is 76.3 Å². The maximum Gasteiger partial charge on any atom is 0.343 e. The molecule has 0 atom stereocenters. The highest BCUT2D eigenvalue weighted by atomic mass is 79.9. The van der Waals surface area contributed by atoms with E-state index in [0.717, 1.165) is 10.9 Å². The van der Waals surface area contributed by atoms with Crippen molar-refractivity contribution in [1.29, 1.82) is 0 Å². The van der Waals surface area contributed by atoms with Crippen molar-refractivity contribution in [2.75, 3.05) is 19.8 Å². The highest BCUT2D eigenvalue weighted by molar-refractivity contribution is 9.10. The van der Waals surface area contributed by atoms with Gasteiger partial charge in [0.1, 0.15) is 5.75 Å². The molecule has 0 saturated heterocycles. The first-order valence-corrected chi connectivity index (χ1v) is 12.8. The van der Waals surface area contributed by atoms with Crippen molar-refractivity contribution >= 4 is 39.9 Å². The van der Waals surface area contributed by atoms with E-state index in [1.165, 1.54) is 6.21 Å². The van der Waals surface area contributed by atoms with E-state index < -0.39 is 11.9 Å². The first kappa shape index (κ1) is 28.4. The Morgan fingerprint density at radius 3 is 2.42 bits per heavy atom. The predicted octanol–water partition coefficient (Wildman–Crippen LogP) is 4.74. The molecular formula is C28H28BrN3O6. The fraction of sp³-hybridized carbons (Fsp3) is 0.214. The Labute approximate surface area is 229 Å². The van der Waals surface area contributed by atoms with Crippen LogP contribution in [0.1, 0.15) is 46.5 Å². The molecule has 0 aliphatic rings. The number of carbonyl (C=O) groups excluding carboxylic acids is 3. The predicted molar refractivity (Wildman–Crippen MR) is 147 cm³/mol. The molecule has 0 heterocycles. The lowest BCUT2D eigenvalue weighted by atomic mass is 10.2. The highest BCUT2D eigenvalue weighted by Crippen LogP contribution is 2.29. The summed E-state index contributed by atoms with van der Waals surface area (Å²) in [5.74, 6) is -0.128. The SMILES string of the molecule is CCCOc1ccc(C(=O)Oc2ccc(/C=N\NC(=O)CNC(=O)c3cccc(Br)c3)cc2OCC)cc1. The molecule has 0 aliphatic heterocycles. The molecule has 0 unspecified atom stereocenters. The number of hydrogen-bond acceptors (Lipinski definition) is 7. The minimum Gasteiger partial charge on any atom is -0.494 e. The van der Waals surface area contributed by atoms with Crippen LogP contribution in [0.5, 0.6) is 17.2 Å². The number of halogens is 1. The summed E-state index contributed by atoms with van der Waals surface area (Å²) in [6, 6.07) is 18.4. The summed E-state index contributed by atoms with van der Waals surface area (Å²) in [6.07, 6.45) is 2.31. The van der Waals surface area contributed by atoms with Crippen molar-refractivity contribution in [3.05, 3.63) is 87.9 Å². The molecule has 2 N–H and O–H groups in total. The van der Waals surface area contributed by atoms with Crippen molar-refractivity contribution in [3.8, 4) is 17.2 Å². The van der Waals surface area contributed by atoms with Crippen LogP contribution in [0.2, 0.25) is 0 Å². The third-order valence-electron chi connectivity index (χ3n) is 4.93. The maximum absolute atomic E-state index is 12.6. The lowest BCUT2D eigenvalue weighted by Crippen LogP contribution is -2.34. The fourth-order valence-electron chi connectivity index (χ4n) is 3.13. The van der Waals surface area contributed by atoms with Gasteiger partial charge in [-0.25, -0.2) is 10.2 Å². The number of nitrogens with one attached hydrogen (secondary N) is 2. The van der Waals surface area contributed by atoms with Gasteiger partial charge in [0.05, 0.1) is 31.5 Å². The van der Waals surface area contributed by atoms with Crippen LogP contribution < -0.4 is 25.0 Å². The Bertz CT molecular complexity index is 1290. The molecule has 9 nitrogen and oxygen atoms in total. The van der Waals surface area contributed by atoms with E-state index in [1.807, 2.05) is 13.8 Å². The van der Waals surface area contributed by atoms with Gasteiger partial charge in [-0.3, -0.25) is 9.59 Å². The van der Waals surface area contributed by atoms with Gasteiger partial charge < -0.3 is 19.5 Å². The molecule has 3 aromatic carbocycles. The molecule has 38 heavy (non-hydrogen) atoms. The van der Waals surface area contributed by atoms with E-state index in [4.69, 9.17) is 14.2 Å². The Hall–Kier alpha value is -4.18. The number of carbonyl (C=O) groups is 3. The third kappa shape index (κ3) is 8.74. The van der Waals surface area contributed by atoms with Crippen LogP contribution in [-0.4, -0.2) is 43.8 Å². The lowest BCUT2D eigenvalue weighted by molar-refractivity contribution is -0.120. The number of rotatable bonds is 12. The topological polar surface area (TPSA) is 115 Å². The van der Waals surface area contributed by atoms with E-state index in [2.05, 4.69) is 31.8 Å². The summed E-state index contributed by atoms with van der Waals surface area (Å²) in [6.45, 7) is 4.54. The molecule has 3 rings (SSSR count). The number of amides is 2. The van der Waals surface area contributed by atoms with Crippen molar-refractivity contribution in [1.82, 2.24) is 10.7 Å². The van der Waals surface area contributed by atoms with Crippen LogP contribution in [-0.2, 0) is 4.79 Å². The molecule has 198 valence electrons. The van der Waals surface area contributed by atoms with E-state index in [-0.39, 0.29) is 18.2 Å². The van der Waals surface area contributed by atoms with Gasteiger partial charge in [-0.05, 0) is 79.6 Å². The van der Waals surface area contributed by atoms with Gasteiger partial charge >= 0.3 is 5.97 Å². The van der Waals surface area contributed by atoms with Gasteiger partial charge in [0.2, 0.25) is 0 Å². The second kappa shape index (κ2) is 14.5. The molecular weight excluding hydrogens is 554 g/mol. The molecule has 3 aromatic rings. The normalized spacial score (nSPS) is 10.6. The summed E-state index contributed by atoms with van der Waals surface area (Å²) >= 11 is 3.30. The number of hydrazone groups is 1. The van der Waals surface area contributed by atoms with Gasteiger partial charge in [0.15, 0.2) is 11.5 Å². The Kier molecular flexibility index (Phi) is 10.9. The molecule has 0 aromatic heterocycles. The molecule has 10 heteroatoms. The zero-order chi connectivity index (χ0) is 27.3. The number of ether oxygens (including phenoxy) is 3. The molecule has 2 amide bonds. The zero-order valence-electron chi connectivity index (χ0n) is 21.0. The monoisotopic (exact) mass is 581 g/mol. The van der Waals surface area contributed by atoms with E-state index in [1.54, 1.807) is 66.7 Å². The molecule has 0 bridgehead atoms.